The Balaban J connectivity index is 2.73. The number of carbonyl (C=O) groups is 1. The van der Waals surface area contributed by atoms with Gasteiger partial charge in [0.1, 0.15) is 5.78 Å². The van der Waals surface area contributed by atoms with Gasteiger partial charge in [0.2, 0.25) is 0 Å². The predicted octanol–water partition coefficient (Wildman–Crippen LogP) is 3.43. The van der Waals surface area contributed by atoms with Gasteiger partial charge in [0, 0.05) is 5.92 Å². The molecule has 1 fully saturated rings. The topological polar surface area (TPSA) is 17.1 Å². The van der Waals surface area contributed by atoms with Gasteiger partial charge in [0.25, 0.3) is 0 Å². The van der Waals surface area contributed by atoms with E-state index >= 15 is 0 Å². The van der Waals surface area contributed by atoms with Gasteiger partial charge in [-0.2, -0.15) is 0 Å². The van der Waals surface area contributed by atoms with Crippen LogP contribution in [0.2, 0.25) is 0 Å². The molecular weight excluding hydrogens is 160 g/mol. The second-order valence-electron chi connectivity index (χ2n) is 5.47. The zero-order valence-electron chi connectivity index (χ0n) is 9.39. The van der Waals surface area contributed by atoms with Crippen molar-refractivity contribution < 1.29 is 4.79 Å². The standard InChI is InChI=1S/C12H22O/c1-9(13)10-7-5-6-8-11(10)12(2,3)4/h10-11H,5-8H2,1-4H3. The van der Waals surface area contributed by atoms with E-state index in [9.17, 15) is 4.79 Å². The van der Waals surface area contributed by atoms with E-state index in [0.717, 1.165) is 6.42 Å². The van der Waals surface area contributed by atoms with E-state index < -0.39 is 0 Å². The lowest BCUT2D eigenvalue weighted by Crippen LogP contribution is -2.34. The van der Waals surface area contributed by atoms with E-state index in [1.165, 1.54) is 19.3 Å². The molecule has 0 bridgehead atoms. The van der Waals surface area contributed by atoms with Crippen LogP contribution >= 0.6 is 0 Å². The smallest absolute Gasteiger partial charge is 0.133 e. The molecule has 1 heteroatoms. The van der Waals surface area contributed by atoms with Gasteiger partial charge in [-0.3, -0.25) is 4.79 Å². The molecule has 1 rings (SSSR count). The molecule has 0 amide bonds. The summed E-state index contributed by atoms with van der Waals surface area (Å²) in [6.07, 6.45) is 4.92. The molecule has 0 aromatic carbocycles. The van der Waals surface area contributed by atoms with Gasteiger partial charge in [0.15, 0.2) is 0 Å². The lowest BCUT2D eigenvalue weighted by molar-refractivity contribution is -0.125. The van der Waals surface area contributed by atoms with Crippen molar-refractivity contribution in [3.8, 4) is 0 Å². The third-order valence-corrected chi connectivity index (χ3v) is 3.40. The second kappa shape index (κ2) is 3.81. The number of Topliss-reactive ketones (excluding diaryl/α,β-unsaturated/α-hetero) is 1. The Labute approximate surface area is 81.9 Å². The van der Waals surface area contributed by atoms with Crippen molar-refractivity contribution in [2.45, 2.75) is 53.4 Å². The second-order valence-corrected chi connectivity index (χ2v) is 5.47. The van der Waals surface area contributed by atoms with E-state index in [0.29, 0.717) is 23.0 Å². The lowest BCUT2D eigenvalue weighted by atomic mass is 9.65. The van der Waals surface area contributed by atoms with Crippen LogP contribution in [0, 0.1) is 17.3 Å². The molecule has 0 saturated heterocycles. The zero-order chi connectivity index (χ0) is 10.1. The van der Waals surface area contributed by atoms with Crippen LogP contribution in [0.15, 0.2) is 0 Å². The monoisotopic (exact) mass is 182 g/mol. The average Bonchev–Trinajstić information content (AvgIpc) is 2.03. The molecule has 1 saturated carbocycles. The van der Waals surface area contributed by atoms with Gasteiger partial charge in [-0.05, 0) is 31.1 Å². The Kier molecular flexibility index (Phi) is 3.15. The Bertz CT molecular complexity index is 188. The lowest BCUT2D eigenvalue weighted by Gasteiger charge is -2.39. The van der Waals surface area contributed by atoms with Crippen molar-refractivity contribution in [2.75, 3.05) is 0 Å². The van der Waals surface area contributed by atoms with Gasteiger partial charge in [-0.25, -0.2) is 0 Å². The molecule has 13 heavy (non-hydrogen) atoms. The number of hydrogen-bond acceptors (Lipinski definition) is 1. The van der Waals surface area contributed by atoms with Gasteiger partial charge < -0.3 is 0 Å². The van der Waals surface area contributed by atoms with E-state index in [1.807, 2.05) is 0 Å². The summed E-state index contributed by atoms with van der Waals surface area (Å²) < 4.78 is 0. The summed E-state index contributed by atoms with van der Waals surface area (Å²) in [5.74, 6) is 1.35. The van der Waals surface area contributed by atoms with E-state index in [2.05, 4.69) is 20.8 Å². The maximum absolute atomic E-state index is 11.5. The molecule has 2 unspecified atom stereocenters. The maximum atomic E-state index is 11.5. The van der Waals surface area contributed by atoms with Crippen LogP contribution in [0.4, 0.5) is 0 Å². The predicted molar refractivity (Wildman–Crippen MR) is 55.6 cm³/mol. The highest BCUT2D eigenvalue weighted by Crippen LogP contribution is 2.41. The quantitative estimate of drug-likeness (QED) is 0.607. The molecule has 1 aliphatic carbocycles. The first-order valence-electron chi connectivity index (χ1n) is 5.43. The van der Waals surface area contributed by atoms with Crippen molar-refractivity contribution >= 4 is 5.78 Å². The number of carbonyl (C=O) groups excluding carboxylic acids is 1. The molecule has 2 atom stereocenters. The highest BCUT2D eigenvalue weighted by molar-refractivity contribution is 5.78. The van der Waals surface area contributed by atoms with Gasteiger partial charge in [-0.1, -0.05) is 33.6 Å². The van der Waals surface area contributed by atoms with E-state index in [4.69, 9.17) is 0 Å². The molecule has 0 spiro atoms. The minimum Gasteiger partial charge on any atom is -0.300 e. The fourth-order valence-corrected chi connectivity index (χ4v) is 2.65. The summed E-state index contributed by atoms with van der Waals surface area (Å²) in [6, 6.07) is 0. The summed E-state index contributed by atoms with van der Waals surface area (Å²) >= 11 is 0. The summed E-state index contributed by atoms with van der Waals surface area (Å²) in [5.41, 5.74) is 0.302. The van der Waals surface area contributed by atoms with Crippen LogP contribution in [-0.4, -0.2) is 5.78 Å². The molecule has 0 aliphatic heterocycles. The Morgan fingerprint density at radius 2 is 1.69 bits per heavy atom. The first-order chi connectivity index (χ1) is 5.93. The minimum atomic E-state index is 0.302. The molecule has 0 radical (unpaired) electrons. The maximum Gasteiger partial charge on any atom is 0.133 e. The highest BCUT2D eigenvalue weighted by atomic mass is 16.1. The normalized spacial score (nSPS) is 30.2. The molecule has 0 N–H and O–H groups in total. The van der Waals surface area contributed by atoms with Crippen molar-refractivity contribution in [3.05, 3.63) is 0 Å². The van der Waals surface area contributed by atoms with Crippen LogP contribution < -0.4 is 0 Å². The minimum absolute atomic E-state index is 0.302. The molecule has 1 nitrogen and oxygen atoms in total. The summed E-state index contributed by atoms with van der Waals surface area (Å²) in [6.45, 7) is 8.55. The fraction of sp³-hybridized carbons (Fsp3) is 0.917. The SMILES string of the molecule is CC(=O)C1CCCCC1C(C)(C)C. The summed E-state index contributed by atoms with van der Waals surface area (Å²) in [4.78, 5) is 11.5. The fourth-order valence-electron chi connectivity index (χ4n) is 2.65. The van der Waals surface area contributed by atoms with Crippen LogP contribution in [0.25, 0.3) is 0 Å². The van der Waals surface area contributed by atoms with Crippen molar-refractivity contribution in [3.63, 3.8) is 0 Å². The van der Waals surface area contributed by atoms with Gasteiger partial charge in [0.05, 0.1) is 0 Å². The molecule has 0 heterocycles. The molecule has 0 aromatic heterocycles. The average molecular weight is 182 g/mol. The van der Waals surface area contributed by atoms with E-state index in [1.54, 1.807) is 6.92 Å². The van der Waals surface area contributed by atoms with Crippen LogP contribution in [-0.2, 0) is 4.79 Å². The van der Waals surface area contributed by atoms with Gasteiger partial charge in [-0.15, -0.1) is 0 Å². The summed E-state index contributed by atoms with van der Waals surface area (Å²) in [5, 5.41) is 0. The molecule has 76 valence electrons. The highest BCUT2D eigenvalue weighted by Gasteiger charge is 2.36. The van der Waals surface area contributed by atoms with Crippen molar-refractivity contribution in [2.24, 2.45) is 17.3 Å². The molecular formula is C12H22O. The third-order valence-electron chi connectivity index (χ3n) is 3.40. The van der Waals surface area contributed by atoms with E-state index in [-0.39, 0.29) is 0 Å². The summed E-state index contributed by atoms with van der Waals surface area (Å²) in [7, 11) is 0. The Morgan fingerprint density at radius 3 is 2.08 bits per heavy atom. The zero-order valence-corrected chi connectivity index (χ0v) is 9.39. The van der Waals surface area contributed by atoms with Crippen molar-refractivity contribution in [1.29, 1.82) is 0 Å². The molecule has 0 aromatic rings. The van der Waals surface area contributed by atoms with Crippen molar-refractivity contribution in [1.82, 2.24) is 0 Å². The van der Waals surface area contributed by atoms with Crippen LogP contribution in [0.1, 0.15) is 53.4 Å². The van der Waals surface area contributed by atoms with Gasteiger partial charge >= 0.3 is 0 Å². The number of rotatable bonds is 1. The van der Waals surface area contributed by atoms with Crippen LogP contribution in [0.5, 0.6) is 0 Å². The first-order valence-corrected chi connectivity index (χ1v) is 5.43. The Hall–Kier alpha value is -0.330. The largest absolute Gasteiger partial charge is 0.300 e. The molecule has 1 aliphatic rings. The first kappa shape index (κ1) is 10.7. The number of ketones is 1. The third kappa shape index (κ3) is 2.55. The van der Waals surface area contributed by atoms with Crippen LogP contribution in [0.3, 0.4) is 0 Å². The Morgan fingerprint density at radius 1 is 1.15 bits per heavy atom. The number of hydrogen-bond donors (Lipinski definition) is 0.